The number of hydrogen-bond acceptors (Lipinski definition) is 5. The molecule has 1 aromatic carbocycles. The fourth-order valence-electron chi connectivity index (χ4n) is 1.53. The SMILES string of the molecule is CCS(=O)(=O)CCOc1cc(OC)ccc1[C@@H](C)O. The van der Waals surface area contributed by atoms with Crippen molar-refractivity contribution in [3.8, 4) is 11.5 Å². The first-order valence-electron chi connectivity index (χ1n) is 6.09. The van der Waals surface area contributed by atoms with Gasteiger partial charge in [-0.05, 0) is 19.1 Å². The summed E-state index contributed by atoms with van der Waals surface area (Å²) in [4.78, 5) is 0. The molecule has 5 nitrogen and oxygen atoms in total. The summed E-state index contributed by atoms with van der Waals surface area (Å²) in [5.74, 6) is 1.09. The van der Waals surface area contributed by atoms with Gasteiger partial charge < -0.3 is 14.6 Å². The van der Waals surface area contributed by atoms with Crippen LogP contribution in [0.3, 0.4) is 0 Å². The maximum atomic E-state index is 11.4. The average Bonchev–Trinajstić information content (AvgIpc) is 2.38. The molecular formula is C13H20O5S. The summed E-state index contributed by atoms with van der Waals surface area (Å²) in [5.41, 5.74) is 0.606. The molecule has 0 aromatic heterocycles. The van der Waals surface area contributed by atoms with Gasteiger partial charge in [-0.15, -0.1) is 0 Å². The molecule has 0 heterocycles. The van der Waals surface area contributed by atoms with Crippen LogP contribution in [0.15, 0.2) is 18.2 Å². The lowest BCUT2D eigenvalue weighted by Gasteiger charge is -2.14. The van der Waals surface area contributed by atoms with Crippen LogP contribution in [0.1, 0.15) is 25.5 Å². The molecule has 0 saturated carbocycles. The largest absolute Gasteiger partial charge is 0.497 e. The Morgan fingerprint density at radius 1 is 1.37 bits per heavy atom. The lowest BCUT2D eigenvalue weighted by atomic mass is 10.1. The van der Waals surface area contributed by atoms with Crippen molar-refractivity contribution < 1.29 is 23.0 Å². The summed E-state index contributed by atoms with van der Waals surface area (Å²) >= 11 is 0. The van der Waals surface area contributed by atoms with Crippen LogP contribution >= 0.6 is 0 Å². The highest BCUT2D eigenvalue weighted by Gasteiger charge is 2.12. The summed E-state index contributed by atoms with van der Waals surface area (Å²) in [6, 6.07) is 5.06. The van der Waals surface area contributed by atoms with Crippen LogP contribution in [0.2, 0.25) is 0 Å². The molecule has 0 radical (unpaired) electrons. The summed E-state index contributed by atoms with van der Waals surface area (Å²) in [7, 11) is -1.53. The first-order valence-corrected chi connectivity index (χ1v) is 7.91. The highest BCUT2D eigenvalue weighted by atomic mass is 32.2. The number of aliphatic hydroxyl groups is 1. The molecule has 19 heavy (non-hydrogen) atoms. The fraction of sp³-hybridized carbons (Fsp3) is 0.538. The van der Waals surface area contributed by atoms with Crippen molar-refractivity contribution in [2.24, 2.45) is 0 Å². The van der Waals surface area contributed by atoms with Gasteiger partial charge in [0.15, 0.2) is 9.84 Å². The predicted octanol–water partition coefficient (Wildman–Crippen LogP) is 1.56. The van der Waals surface area contributed by atoms with E-state index in [0.29, 0.717) is 17.1 Å². The van der Waals surface area contributed by atoms with Gasteiger partial charge in [0.05, 0.1) is 19.0 Å². The van der Waals surface area contributed by atoms with Crippen LogP contribution in [0.4, 0.5) is 0 Å². The molecule has 0 fully saturated rings. The van der Waals surface area contributed by atoms with E-state index in [1.54, 1.807) is 32.0 Å². The van der Waals surface area contributed by atoms with E-state index < -0.39 is 15.9 Å². The first kappa shape index (κ1) is 15.8. The first-order chi connectivity index (χ1) is 8.89. The van der Waals surface area contributed by atoms with Crippen LogP contribution in [0.5, 0.6) is 11.5 Å². The summed E-state index contributed by atoms with van der Waals surface area (Å²) < 4.78 is 33.3. The molecule has 0 saturated heterocycles. The monoisotopic (exact) mass is 288 g/mol. The van der Waals surface area contributed by atoms with Gasteiger partial charge in [-0.1, -0.05) is 6.92 Å². The molecule has 1 rings (SSSR count). The number of methoxy groups -OCH3 is 1. The van der Waals surface area contributed by atoms with Crippen molar-refractivity contribution >= 4 is 9.84 Å². The van der Waals surface area contributed by atoms with Gasteiger partial charge >= 0.3 is 0 Å². The van der Waals surface area contributed by atoms with E-state index in [2.05, 4.69) is 0 Å². The highest BCUT2D eigenvalue weighted by molar-refractivity contribution is 7.91. The number of benzene rings is 1. The number of rotatable bonds is 7. The number of aliphatic hydroxyl groups excluding tert-OH is 1. The van der Waals surface area contributed by atoms with Gasteiger partial charge in [0.1, 0.15) is 18.1 Å². The minimum atomic E-state index is -3.06. The molecule has 0 bridgehead atoms. The normalized spacial score (nSPS) is 13.1. The Labute approximate surface area is 114 Å². The van der Waals surface area contributed by atoms with Crippen molar-refractivity contribution in [3.63, 3.8) is 0 Å². The summed E-state index contributed by atoms with van der Waals surface area (Å²) in [6.07, 6.45) is -0.691. The van der Waals surface area contributed by atoms with Crippen LogP contribution in [0.25, 0.3) is 0 Å². The van der Waals surface area contributed by atoms with Crippen molar-refractivity contribution in [1.29, 1.82) is 0 Å². The molecule has 0 aliphatic carbocycles. The number of ether oxygens (including phenoxy) is 2. The van der Waals surface area contributed by atoms with Crippen molar-refractivity contribution in [2.45, 2.75) is 20.0 Å². The zero-order valence-electron chi connectivity index (χ0n) is 11.4. The van der Waals surface area contributed by atoms with Crippen molar-refractivity contribution in [2.75, 3.05) is 25.2 Å². The van der Waals surface area contributed by atoms with E-state index in [1.807, 2.05) is 0 Å². The lowest BCUT2D eigenvalue weighted by molar-refractivity contribution is 0.192. The standard InChI is InChI=1S/C13H20O5S/c1-4-19(15,16)8-7-18-13-9-11(17-3)5-6-12(13)10(2)14/h5-6,9-10,14H,4,7-8H2,1-3H3/t10-/m1/s1. The minimum absolute atomic E-state index is 0.0417. The molecule has 1 N–H and O–H groups in total. The van der Waals surface area contributed by atoms with Gasteiger partial charge in [0.25, 0.3) is 0 Å². The molecule has 108 valence electrons. The van der Waals surface area contributed by atoms with Gasteiger partial charge in [-0.3, -0.25) is 0 Å². The minimum Gasteiger partial charge on any atom is -0.497 e. The maximum Gasteiger partial charge on any atom is 0.153 e. The Balaban J connectivity index is 2.81. The Morgan fingerprint density at radius 3 is 2.58 bits per heavy atom. The van der Waals surface area contributed by atoms with E-state index in [4.69, 9.17) is 9.47 Å². The molecule has 0 unspecified atom stereocenters. The van der Waals surface area contributed by atoms with E-state index in [9.17, 15) is 13.5 Å². The summed E-state index contributed by atoms with van der Waals surface area (Å²) in [6.45, 7) is 3.28. The second kappa shape index (κ2) is 6.77. The maximum absolute atomic E-state index is 11.4. The Bertz CT molecular complexity index is 508. The highest BCUT2D eigenvalue weighted by Crippen LogP contribution is 2.29. The molecule has 6 heteroatoms. The third-order valence-corrected chi connectivity index (χ3v) is 4.43. The number of sulfone groups is 1. The molecule has 0 spiro atoms. The molecular weight excluding hydrogens is 268 g/mol. The van der Waals surface area contributed by atoms with Gasteiger partial charge in [0.2, 0.25) is 0 Å². The van der Waals surface area contributed by atoms with Gasteiger partial charge in [-0.25, -0.2) is 8.42 Å². The van der Waals surface area contributed by atoms with Crippen LogP contribution < -0.4 is 9.47 Å². The molecule has 0 aliphatic heterocycles. The summed E-state index contributed by atoms with van der Waals surface area (Å²) in [5, 5.41) is 9.63. The van der Waals surface area contributed by atoms with Gasteiger partial charge in [-0.2, -0.15) is 0 Å². The topological polar surface area (TPSA) is 72.8 Å². The van der Waals surface area contributed by atoms with E-state index in [0.717, 1.165) is 0 Å². The second-order valence-electron chi connectivity index (χ2n) is 4.16. The Hall–Kier alpha value is -1.27. The lowest BCUT2D eigenvalue weighted by Crippen LogP contribution is -2.16. The van der Waals surface area contributed by atoms with E-state index in [1.165, 1.54) is 7.11 Å². The molecule has 1 atom stereocenters. The molecule has 0 aliphatic rings. The number of hydrogen-bond donors (Lipinski definition) is 1. The van der Waals surface area contributed by atoms with E-state index >= 15 is 0 Å². The fourth-order valence-corrected chi connectivity index (χ4v) is 2.16. The average molecular weight is 288 g/mol. The molecule has 1 aromatic rings. The third kappa shape index (κ3) is 4.72. The Morgan fingerprint density at radius 2 is 2.05 bits per heavy atom. The van der Waals surface area contributed by atoms with Crippen LogP contribution in [-0.2, 0) is 9.84 Å². The third-order valence-electron chi connectivity index (χ3n) is 2.76. The van der Waals surface area contributed by atoms with Gasteiger partial charge in [0, 0.05) is 17.4 Å². The zero-order valence-corrected chi connectivity index (χ0v) is 12.2. The smallest absolute Gasteiger partial charge is 0.153 e. The Kier molecular flexibility index (Phi) is 5.62. The van der Waals surface area contributed by atoms with Crippen LogP contribution in [0, 0.1) is 0 Å². The van der Waals surface area contributed by atoms with Crippen LogP contribution in [-0.4, -0.2) is 38.7 Å². The van der Waals surface area contributed by atoms with E-state index in [-0.39, 0.29) is 18.1 Å². The quantitative estimate of drug-likeness (QED) is 0.824. The second-order valence-corrected chi connectivity index (χ2v) is 6.64. The van der Waals surface area contributed by atoms with Crippen molar-refractivity contribution in [3.05, 3.63) is 23.8 Å². The molecule has 0 amide bonds. The zero-order chi connectivity index (χ0) is 14.5. The van der Waals surface area contributed by atoms with Crippen molar-refractivity contribution in [1.82, 2.24) is 0 Å². The predicted molar refractivity (Wildman–Crippen MR) is 73.5 cm³/mol.